The number of rotatable bonds is 4. The van der Waals surface area contributed by atoms with Crippen molar-refractivity contribution in [1.29, 1.82) is 0 Å². The summed E-state index contributed by atoms with van der Waals surface area (Å²) in [6, 6.07) is 8.06. The molecule has 0 aliphatic carbocycles. The van der Waals surface area contributed by atoms with Crippen LogP contribution in [0.15, 0.2) is 42.9 Å². The smallest absolute Gasteiger partial charge is 0.255 e. The van der Waals surface area contributed by atoms with Crippen molar-refractivity contribution in [1.82, 2.24) is 30.5 Å². The van der Waals surface area contributed by atoms with E-state index in [2.05, 4.69) is 25.8 Å². The predicted octanol–water partition coefficient (Wildman–Crippen LogP) is 1.56. The first-order valence-corrected chi connectivity index (χ1v) is 7.35. The fourth-order valence-electron chi connectivity index (χ4n) is 2.42. The Labute approximate surface area is 138 Å². The zero-order valence-corrected chi connectivity index (χ0v) is 13.2. The molecule has 0 unspecified atom stereocenters. The molecule has 8 nitrogen and oxygen atoms in total. The molecule has 0 aliphatic rings. The van der Waals surface area contributed by atoms with Gasteiger partial charge in [-0.1, -0.05) is 6.07 Å². The second-order valence-electron chi connectivity index (χ2n) is 5.36. The molecule has 2 heterocycles. The number of nitrogens with one attached hydrogen (secondary N) is 1. The Morgan fingerprint density at radius 3 is 2.88 bits per heavy atom. The zero-order valence-electron chi connectivity index (χ0n) is 13.2. The van der Waals surface area contributed by atoms with Crippen LogP contribution in [0.4, 0.5) is 0 Å². The summed E-state index contributed by atoms with van der Waals surface area (Å²) >= 11 is 0. The van der Waals surface area contributed by atoms with Gasteiger partial charge in [0.15, 0.2) is 0 Å². The highest BCUT2D eigenvalue weighted by atomic mass is 16.3. The van der Waals surface area contributed by atoms with Gasteiger partial charge in [0.1, 0.15) is 12.1 Å². The molecular formula is C16H16N6O2. The van der Waals surface area contributed by atoms with Gasteiger partial charge in [-0.05, 0) is 54.1 Å². The molecule has 1 atom stereocenters. The average Bonchev–Trinajstić information content (AvgIpc) is 3.10. The van der Waals surface area contributed by atoms with Crippen LogP contribution in [0.25, 0.3) is 5.69 Å². The van der Waals surface area contributed by atoms with Crippen LogP contribution in [-0.4, -0.2) is 36.2 Å². The number of phenolic OH excluding ortho intramolecular Hbond substituents is 1. The summed E-state index contributed by atoms with van der Waals surface area (Å²) < 4.78 is 1.41. The number of hydrogen-bond acceptors (Lipinski definition) is 6. The molecule has 24 heavy (non-hydrogen) atoms. The summed E-state index contributed by atoms with van der Waals surface area (Å²) in [5, 5.41) is 23.7. The van der Waals surface area contributed by atoms with Gasteiger partial charge < -0.3 is 10.4 Å². The highest BCUT2D eigenvalue weighted by molar-refractivity contribution is 5.97. The summed E-state index contributed by atoms with van der Waals surface area (Å²) in [4.78, 5) is 16.8. The molecule has 0 spiro atoms. The molecule has 0 fully saturated rings. The van der Waals surface area contributed by atoms with Gasteiger partial charge in [0.25, 0.3) is 5.91 Å². The maximum atomic E-state index is 12.5. The van der Waals surface area contributed by atoms with E-state index in [0.717, 1.165) is 11.3 Å². The fourth-order valence-corrected chi connectivity index (χ4v) is 2.42. The number of pyridine rings is 1. The number of aryl methyl sites for hydroxylation is 1. The van der Waals surface area contributed by atoms with Crippen LogP contribution in [0.1, 0.15) is 34.6 Å². The van der Waals surface area contributed by atoms with Gasteiger partial charge in [-0.3, -0.25) is 9.78 Å². The Kier molecular flexibility index (Phi) is 4.19. The highest BCUT2D eigenvalue weighted by Gasteiger charge is 2.17. The lowest BCUT2D eigenvalue weighted by molar-refractivity contribution is 0.0936. The van der Waals surface area contributed by atoms with Crippen LogP contribution in [0.5, 0.6) is 5.75 Å². The molecule has 0 bridgehead atoms. The lowest BCUT2D eigenvalue weighted by Crippen LogP contribution is -2.28. The lowest BCUT2D eigenvalue weighted by Gasteiger charge is -2.16. The molecule has 122 valence electrons. The number of amides is 1. The molecule has 3 aromatic rings. The lowest BCUT2D eigenvalue weighted by atomic mass is 10.1. The third kappa shape index (κ3) is 3.07. The van der Waals surface area contributed by atoms with E-state index in [1.54, 1.807) is 12.3 Å². The summed E-state index contributed by atoms with van der Waals surface area (Å²) in [7, 11) is 0. The van der Waals surface area contributed by atoms with Gasteiger partial charge in [0, 0.05) is 6.20 Å². The van der Waals surface area contributed by atoms with E-state index >= 15 is 0 Å². The van der Waals surface area contributed by atoms with Crippen LogP contribution in [0.2, 0.25) is 0 Å². The van der Waals surface area contributed by atoms with E-state index in [1.165, 1.54) is 23.1 Å². The second-order valence-corrected chi connectivity index (χ2v) is 5.36. The van der Waals surface area contributed by atoms with E-state index < -0.39 is 5.91 Å². The van der Waals surface area contributed by atoms with E-state index in [9.17, 15) is 9.90 Å². The molecule has 0 radical (unpaired) electrons. The van der Waals surface area contributed by atoms with Crippen LogP contribution in [-0.2, 0) is 0 Å². The summed E-state index contributed by atoms with van der Waals surface area (Å²) in [6.45, 7) is 3.77. The van der Waals surface area contributed by atoms with Gasteiger partial charge >= 0.3 is 0 Å². The first kappa shape index (κ1) is 15.6. The molecule has 0 saturated heterocycles. The Balaban J connectivity index is 1.85. The molecule has 3 rings (SSSR count). The van der Waals surface area contributed by atoms with Gasteiger partial charge in [-0.2, -0.15) is 0 Å². The molecule has 2 aromatic heterocycles. The van der Waals surface area contributed by atoms with Gasteiger partial charge in [0.2, 0.25) is 0 Å². The second kappa shape index (κ2) is 6.45. The highest BCUT2D eigenvalue weighted by Crippen LogP contribution is 2.22. The third-order valence-corrected chi connectivity index (χ3v) is 3.65. The van der Waals surface area contributed by atoms with E-state index in [4.69, 9.17) is 0 Å². The Hall–Kier alpha value is -3.29. The van der Waals surface area contributed by atoms with E-state index in [0.29, 0.717) is 5.69 Å². The van der Waals surface area contributed by atoms with Crippen LogP contribution >= 0.6 is 0 Å². The van der Waals surface area contributed by atoms with Gasteiger partial charge in [-0.15, -0.1) is 5.10 Å². The molecule has 1 aromatic carbocycles. The Morgan fingerprint density at radius 1 is 1.33 bits per heavy atom. The van der Waals surface area contributed by atoms with Crippen LogP contribution in [0.3, 0.4) is 0 Å². The maximum Gasteiger partial charge on any atom is 0.255 e. The van der Waals surface area contributed by atoms with Crippen molar-refractivity contribution in [3.8, 4) is 11.4 Å². The number of hydrogen-bond donors (Lipinski definition) is 2. The number of aromatic hydroxyl groups is 1. The number of nitrogens with zero attached hydrogens (tertiary/aromatic N) is 5. The number of phenols is 1. The molecule has 0 saturated carbocycles. The van der Waals surface area contributed by atoms with Gasteiger partial charge in [-0.25, -0.2) is 4.68 Å². The summed E-state index contributed by atoms with van der Waals surface area (Å²) in [5.41, 5.74) is 2.48. The molecular weight excluding hydrogens is 308 g/mol. The first-order valence-electron chi connectivity index (χ1n) is 7.35. The maximum absolute atomic E-state index is 12.5. The molecule has 0 aliphatic heterocycles. The number of carbonyl (C=O) groups is 1. The predicted molar refractivity (Wildman–Crippen MR) is 85.7 cm³/mol. The van der Waals surface area contributed by atoms with Crippen molar-refractivity contribution >= 4 is 5.91 Å². The topological polar surface area (TPSA) is 106 Å². The monoisotopic (exact) mass is 324 g/mol. The van der Waals surface area contributed by atoms with Crippen molar-refractivity contribution in [2.45, 2.75) is 19.9 Å². The molecule has 8 heteroatoms. The number of benzene rings is 1. The Morgan fingerprint density at radius 2 is 2.17 bits per heavy atom. The SMILES string of the molecule is Cc1cccnc1[C@@H](C)NC(=O)c1cc(-n2cnnn2)ccc1O. The standard InChI is InChI=1S/C16H16N6O2/c1-10-4-3-7-17-15(10)11(2)19-16(24)13-8-12(5-6-14(13)23)22-9-18-20-21-22/h3-9,11,23H,1-2H3,(H,19,24)/t11-/m1/s1. The first-order chi connectivity index (χ1) is 11.6. The van der Waals surface area contributed by atoms with Crippen molar-refractivity contribution in [3.05, 3.63) is 59.7 Å². The van der Waals surface area contributed by atoms with Crippen molar-refractivity contribution < 1.29 is 9.90 Å². The third-order valence-electron chi connectivity index (χ3n) is 3.65. The molecule has 1 amide bonds. The minimum Gasteiger partial charge on any atom is -0.507 e. The van der Waals surface area contributed by atoms with Crippen LogP contribution < -0.4 is 5.32 Å². The van der Waals surface area contributed by atoms with E-state index in [-0.39, 0.29) is 17.4 Å². The quantitative estimate of drug-likeness (QED) is 0.754. The zero-order chi connectivity index (χ0) is 17.1. The largest absolute Gasteiger partial charge is 0.507 e. The normalized spacial score (nSPS) is 11.9. The van der Waals surface area contributed by atoms with E-state index in [1.807, 2.05) is 26.0 Å². The minimum atomic E-state index is -0.403. The fraction of sp³-hybridized carbons (Fsp3) is 0.188. The summed E-state index contributed by atoms with van der Waals surface area (Å²) in [5.74, 6) is -0.519. The minimum absolute atomic E-state index is 0.116. The average molecular weight is 324 g/mol. The van der Waals surface area contributed by atoms with Crippen LogP contribution in [0, 0.1) is 6.92 Å². The van der Waals surface area contributed by atoms with Gasteiger partial charge in [0.05, 0.1) is 23.0 Å². The number of aromatic nitrogens is 5. The summed E-state index contributed by atoms with van der Waals surface area (Å²) in [6.07, 6.45) is 3.09. The van der Waals surface area contributed by atoms with Crippen molar-refractivity contribution in [2.75, 3.05) is 0 Å². The van der Waals surface area contributed by atoms with Crippen molar-refractivity contribution in [3.63, 3.8) is 0 Å². The van der Waals surface area contributed by atoms with Crippen molar-refractivity contribution in [2.24, 2.45) is 0 Å². The molecule has 2 N–H and O–H groups in total. The Bertz CT molecular complexity index is 863. The number of carbonyl (C=O) groups excluding carboxylic acids is 1. The number of tetrazole rings is 1.